The molecule has 0 saturated carbocycles. The summed E-state index contributed by atoms with van der Waals surface area (Å²) < 4.78 is 4.63. The highest BCUT2D eigenvalue weighted by atomic mass is 16.5. The zero-order valence-corrected chi connectivity index (χ0v) is 11.2. The van der Waals surface area contributed by atoms with E-state index in [9.17, 15) is 9.90 Å². The molecular weight excluding hydrogens is 254 g/mol. The van der Waals surface area contributed by atoms with Crippen molar-refractivity contribution in [1.29, 1.82) is 0 Å². The molecule has 0 fully saturated rings. The summed E-state index contributed by atoms with van der Waals surface area (Å²) in [5.74, 6) is 0. The number of alkyl carbamates (subject to hydrolysis) is 1. The molecule has 2 atom stereocenters. The molecule has 2 unspecified atom stereocenters. The summed E-state index contributed by atoms with van der Waals surface area (Å²) in [6, 6.07) is 18.0. The molecule has 2 rings (SSSR count). The van der Waals surface area contributed by atoms with Crippen LogP contribution in [0.5, 0.6) is 0 Å². The minimum Gasteiger partial charge on any atom is -0.453 e. The van der Waals surface area contributed by atoms with Gasteiger partial charge in [0.1, 0.15) is 6.10 Å². The SMILES string of the molecule is COC(=O)NC(c1ccccc1)C(O)c1ccccc1. The normalized spacial score (nSPS) is 13.3. The van der Waals surface area contributed by atoms with Gasteiger partial charge in [-0.3, -0.25) is 0 Å². The first kappa shape index (κ1) is 14.1. The molecule has 0 aliphatic heterocycles. The number of hydrogen-bond donors (Lipinski definition) is 2. The first-order valence-electron chi connectivity index (χ1n) is 6.35. The molecule has 2 N–H and O–H groups in total. The Morgan fingerprint density at radius 1 is 1.00 bits per heavy atom. The van der Waals surface area contributed by atoms with E-state index < -0.39 is 18.2 Å². The zero-order valence-electron chi connectivity index (χ0n) is 11.2. The van der Waals surface area contributed by atoms with Crippen LogP contribution < -0.4 is 5.32 Å². The molecule has 0 spiro atoms. The molecule has 0 aliphatic rings. The molecule has 0 radical (unpaired) electrons. The highest BCUT2D eigenvalue weighted by Crippen LogP contribution is 2.28. The minimum atomic E-state index is -0.849. The van der Waals surface area contributed by atoms with Gasteiger partial charge in [0.15, 0.2) is 0 Å². The van der Waals surface area contributed by atoms with Crippen LogP contribution in [-0.2, 0) is 4.74 Å². The fraction of sp³-hybridized carbons (Fsp3) is 0.188. The van der Waals surface area contributed by atoms with E-state index in [1.807, 2.05) is 60.7 Å². The van der Waals surface area contributed by atoms with Gasteiger partial charge in [0, 0.05) is 0 Å². The van der Waals surface area contributed by atoms with Crippen LogP contribution in [0.15, 0.2) is 60.7 Å². The van der Waals surface area contributed by atoms with E-state index in [-0.39, 0.29) is 0 Å². The third-order valence-electron chi connectivity index (χ3n) is 3.07. The Balaban J connectivity index is 2.29. The average molecular weight is 271 g/mol. The number of hydrogen-bond acceptors (Lipinski definition) is 3. The molecule has 1 amide bonds. The van der Waals surface area contributed by atoms with Gasteiger partial charge in [0.25, 0.3) is 0 Å². The predicted octanol–water partition coefficient (Wildman–Crippen LogP) is 2.82. The summed E-state index contributed by atoms with van der Waals surface area (Å²) in [4.78, 5) is 11.5. The molecular formula is C16H17NO3. The number of amides is 1. The van der Waals surface area contributed by atoms with Crippen LogP contribution in [0.25, 0.3) is 0 Å². The number of carbonyl (C=O) groups excluding carboxylic acids is 1. The summed E-state index contributed by atoms with van der Waals surface area (Å²) in [7, 11) is 1.30. The van der Waals surface area contributed by atoms with E-state index >= 15 is 0 Å². The van der Waals surface area contributed by atoms with Crippen molar-refractivity contribution in [3.05, 3.63) is 71.8 Å². The first-order valence-corrected chi connectivity index (χ1v) is 6.35. The number of methoxy groups -OCH3 is 1. The fourth-order valence-corrected chi connectivity index (χ4v) is 2.03. The highest BCUT2D eigenvalue weighted by Gasteiger charge is 2.24. The molecule has 0 aromatic heterocycles. The van der Waals surface area contributed by atoms with Gasteiger partial charge >= 0.3 is 6.09 Å². The van der Waals surface area contributed by atoms with E-state index in [0.717, 1.165) is 11.1 Å². The van der Waals surface area contributed by atoms with Crippen LogP contribution in [0, 0.1) is 0 Å². The molecule has 0 bridgehead atoms. The summed E-state index contributed by atoms with van der Waals surface area (Å²) >= 11 is 0. The lowest BCUT2D eigenvalue weighted by atomic mass is 9.96. The molecule has 20 heavy (non-hydrogen) atoms. The van der Waals surface area contributed by atoms with Crippen LogP contribution in [-0.4, -0.2) is 18.3 Å². The van der Waals surface area contributed by atoms with Crippen molar-refractivity contribution in [2.45, 2.75) is 12.1 Å². The van der Waals surface area contributed by atoms with Crippen LogP contribution in [0.3, 0.4) is 0 Å². The van der Waals surface area contributed by atoms with Crippen molar-refractivity contribution in [1.82, 2.24) is 5.32 Å². The topological polar surface area (TPSA) is 58.6 Å². The molecule has 104 valence electrons. The van der Waals surface area contributed by atoms with Crippen LogP contribution in [0.4, 0.5) is 4.79 Å². The van der Waals surface area contributed by atoms with Crippen molar-refractivity contribution in [2.75, 3.05) is 7.11 Å². The standard InChI is InChI=1S/C16H17NO3/c1-20-16(19)17-14(12-8-4-2-5-9-12)15(18)13-10-6-3-7-11-13/h2-11,14-15,18H,1H3,(H,17,19). The number of nitrogens with one attached hydrogen (secondary N) is 1. The van der Waals surface area contributed by atoms with E-state index in [2.05, 4.69) is 10.1 Å². The predicted molar refractivity (Wildman–Crippen MR) is 76.1 cm³/mol. The van der Waals surface area contributed by atoms with Crippen molar-refractivity contribution < 1.29 is 14.6 Å². The van der Waals surface area contributed by atoms with Gasteiger partial charge in [-0.25, -0.2) is 4.79 Å². The van der Waals surface area contributed by atoms with Crippen LogP contribution in [0.2, 0.25) is 0 Å². The van der Waals surface area contributed by atoms with E-state index in [0.29, 0.717) is 0 Å². The lowest BCUT2D eigenvalue weighted by Gasteiger charge is -2.24. The van der Waals surface area contributed by atoms with Crippen molar-refractivity contribution in [3.63, 3.8) is 0 Å². The number of benzene rings is 2. The Morgan fingerprint density at radius 3 is 2.00 bits per heavy atom. The molecule has 2 aromatic carbocycles. The van der Waals surface area contributed by atoms with Crippen LogP contribution >= 0.6 is 0 Å². The first-order chi connectivity index (χ1) is 9.72. The molecule has 4 heteroatoms. The molecule has 0 saturated heterocycles. The largest absolute Gasteiger partial charge is 0.453 e. The van der Waals surface area contributed by atoms with Gasteiger partial charge in [-0.1, -0.05) is 60.7 Å². The van der Waals surface area contributed by atoms with Gasteiger partial charge in [-0.2, -0.15) is 0 Å². The van der Waals surface area contributed by atoms with Crippen molar-refractivity contribution in [2.24, 2.45) is 0 Å². The lowest BCUT2D eigenvalue weighted by Crippen LogP contribution is -2.32. The smallest absolute Gasteiger partial charge is 0.407 e. The van der Waals surface area contributed by atoms with E-state index in [1.54, 1.807) is 0 Å². The number of carbonyl (C=O) groups is 1. The second-order valence-electron chi connectivity index (χ2n) is 4.38. The molecule has 4 nitrogen and oxygen atoms in total. The lowest BCUT2D eigenvalue weighted by molar-refractivity contribution is 0.114. The fourth-order valence-electron chi connectivity index (χ4n) is 2.03. The van der Waals surface area contributed by atoms with E-state index in [1.165, 1.54) is 7.11 Å². The maximum Gasteiger partial charge on any atom is 0.407 e. The van der Waals surface area contributed by atoms with Gasteiger partial charge < -0.3 is 15.2 Å². The third kappa shape index (κ3) is 3.36. The van der Waals surface area contributed by atoms with Crippen molar-refractivity contribution >= 4 is 6.09 Å². The second kappa shape index (κ2) is 6.73. The van der Waals surface area contributed by atoms with Gasteiger partial charge in [0.2, 0.25) is 0 Å². The third-order valence-corrected chi connectivity index (χ3v) is 3.07. The second-order valence-corrected chi connectivity index (χ2v) is 4.38. The average Bonchev–Trinajstić information content (AvgIpc) is 2.53. The number of aliphatic hydroxyl groups is 1. The van der Waals surface area contributed by atoms with Gasteiger partial charge in [-0.05, 0) is 11.1 Å². The minimum absolute atomic E-state index is 0.564. The molecule has 2 aromatic rings. The van der Waals surface area contributed by atoms with Crippen molar-refractivity contribution in [3.8, 4) is 0 Å². The Kier molecular flexibility index (Phi) is 4.74. The summed E-state index contributed by atoms with van der Waals surface area (Å²) in [6.07, 6.45) is -1.42. The summed E-state index contributed by atoms with van der Waals surface area (Å²) in [5, 5.41) is 13.2. The molecule has 0 aliphatic carbocycles. The summed E-state index contributed by atoms with van der Waals surface area (Å²) in [5.41, 5.74) is 1.55. The Bertz CT molecular complexity index is 542. The van der Waals surface area contributed by atoms with E-state index in [4.69, 9.17) is 0 Å². The maximum absolute atomic E-state index is 11.5. The Morgan fingerprint density at radius 2 is 1.50 bits per heavy atom. The van der Waals surface area contributed by atoms with Gasteiger partial charge in [0.05, 0.1) is 13.2 Å². The number of aliphatic hydroxyl groups excluding tert-OH is 1. The zero-order chi connectivity index (χ0) is 14.4. The number of rotatable bonds is 4. The van der Waals surface area contributed by atoms with Gasteiger partial charge in [-0.15, -0.1) is 0 Å². The maximum atomic E-state index is 11.5. The number of ether oxygens (including phenoxy) is 1. The monoisotopic (exact) mass is 271 g/mol. The highest BCUT2D eigenvalue weighted by molar-refractivity contribution is 5.67. The van der Waals surface area contributed by atoms with Crippen LogP contribution in [0.1, 0.15) is 23.3 Å². The Labute approximate surface area is 118 Å². The Hall–Kier alpha value is -2.33. The molecule has 0 heterocycles. The quantitative estimate of drug-likeness (QED) is 0.899. The summed E-state index contributed by atoms with van der Waals surface area (Å²) in [6.45, 7) is 0.